The second kappa shape index (κ2) is 2.62. The molecule has 2 heteroatoms. The Kier molecular flexibility index (Phi) is 2.05. The highest BCUT2D eigenvalue weighted by Gasteiger charge is 1.99. The normalized spacial score (nSPS) is 19.8. The molecule has 8 heavy (non-hydrogen) atoms. The molecule has 0 amide bonds. The highest BCUT2D eigenvalue weighted by molar-refractivity contribution is 14.1. The number of rotatable bonds is 0. The third-order valence-electron chi connectivity index (χ3n) is 0.901. The van der Waals surface area contributed by atoms with Gasteiger partial charge in [-0.25, -0.2) is 4.39 Å². The first kappa shape index (κ1) is 6.26. The summed E-state index contributed by atoms with van der Waals surface area (Å²) in [5.41, 5.74) is 0. The number of hydrogen-bond acceptors (Lipinski definition) is 0. The van der Waals surface area contributed by atoms with Gasteiger partial charge in [-0.2, -0.15) is 0 Å². The van der Waals surface area contributed by atoms with Gasteiger partial charge in [-0.15, -0.1) is 0 Å². The van der Waals surface area contributed by atoms with Crippen LogP contribution in [0.2, 0.25) is 0 Å². The highest BCUT2D eigenvalue weighted by atomic mass is 127. The molecule has 0 N–H and O–H groups in total. The van der Waals surface area contributed by atoms with Crippen LogP contribution in [0.1, 0.15) is 6.42 Å². The van der Waals surface area contributed by atoms with Crippen molar-refractivity contribution in [2.24, 2.45) is 0 Å². The lowest BCUT2D eigenvalue weighted by Gasteiger charge is -1.99. The van der Waals surface area contributed by atoms with Gasteiger partial charge < -0.3 is 0 Å². The van der Waals surface area contributed by atoms with E-state index in [4.69, 9.17) is 0 Å². The first-order valence-corrected chi connectivity index (χ1v) is 3.43. The summed E-state index contributed by atoms with van der Waals surface area (Å²) < 4.78 is 13.2. The average Bonchev–Trinajstić information content (AvgIpc) is 1.64. The number of hydrogen-bond donors (Lipinski definition) is 0. The maximum atomic E-state index is 12.2. The molecule has 1 aliphatic rings. The topological polar surface area (TPSA) is 0 Å². The van der Waals surface area contributed by atoms with Gasteiger partial charge in [0.15, 0.2) is 0 Å². The molecule has 0 aromatic carbocycles. The van der Waals surface area contributed by atoms with Gasteiger partial charge in [0.1, 0.15) is 5.83 Å². The van der Waals surface area contributed by atoms with Crippen LogP contribution in [-0.4, -0.2) is 0 Å². The van der Waals surface area contributed by atoms with Gasteiger partial charge in [0.05, 0.1) is 0 Å². The van der Waals surface area contributed by atoms with Crippen LogP contribution in [-0.2, 0) is 0 Å². The summed E-state index contributed by atoms with van der Waals surface area (Å²) >= 11 is 2.10. The molecule has 43 valence electrons. The summed E-state index contributed by atoms with van der Waals surface area (Å²) in [5, 5.41) is 0. The van der Waals surface area contributed by atoms with E-state index >= 15 is 0 Å². The van der Waals surface area contributed by atoms with Gasteiger partial charge in [-0.3, -0.25) is 0 Å². The zero-order valence-corrected chi connectivity index (χ0v) is 6.35. The van der Waals surface area contributed by atoms with Gasteiger partial charge in [-0.05, 0) is 44.7 Å². The van der Waals surface area contributed by atoms with E-state index in [-0.39, 0.29) is 5.83 Å². The van der Waals surface area contributed by atoms with E-state index in [0.29, 0.717) is 0 Å². The van der Waals surface area contributed by atoms with E-state index < -0.39 is 0 Å². The van der Waals surface area contributed by atoms with Crippen molar-refractivity contribution in [3.8, 4) is 0 Å². The average molecular weight is 223 g/mol. The monoisotopic (exact) mass is 223 g/mol. The zero-order chi connectivity index (χ0) is 5.98. The summed E-state index contributed by atoms with van der Waals surface area (Å²) in [6.07, 6.45) is 5.79. The molecule has 0 saturated carbocycles. The molecule has 0 atom stereocenters. The van der Waals surface area contributed by atoms with Crippen molar-refractivity contribution in [3.05, 3.63) is 28.0 Å². The minimum Gasteiger partial charge on any atom is -0.207 e. The van der Waals surface area contributed by atoms with E-state index in [2.05, 4.69) is 22.6 Å². The Hall–Kier alpha value is 0.140. The molecule has 0 heterocycles. The minimum absolute atomic E-state index is 0.114. The van der Waals surface area contributed by atoms with Crippen LogP contribution in [0.3, 0.4) is 0 Å². The maximum absolute atomic E-state index is 12.2. The second-order valence-electron chi connectivity index (χ2n) is 1.56. The SMILES string of the molecule is FC1=CC[CH]C(I)=C1. The summed E-state index contributed by atoms with van der Waals surface area (Å²) in [6, 6.07) is 0. The second-order valence-corrected chi connectivity index (χ2v) is 2.80. The third-order valence-corrected chi connectivity index (χ3v) is 1.65. The summed E-state index contributed by atoms with van der Waals surface area (Å²) in [4.78, 5) is 0. The van der Waals surface area contributed by atoms with Crippen molar-refractivity contribution in [1.29, 1.82) is 0 Å². The third kappa shape index (κ3) is 1.58. The lowest BCUT2D eigenvalue weighted by Crippen LogP contribution is -1.81. The van der Waals surface area contributed by atoms with E-state index in [9.17, 15) is 4.39 Å². The molecule has 0 bridgehead atoms. The minimum atomic E-state index is -0.114. The predicted molar refractivity (Wildman–Crippen MR) is 40.2 cm³/mol. The molecular formula is C6H5FI. The summed E-state index contributed by atoms with van der Waals surface area (Å²) in [6.45, 7) is 0. The van der Waals surface area contributed by atoms with Crippen molar-refractivity contribution in [3.63, 3.8) is 0 Å². The van der Waals surface area contributed by atoms with Crippen molar-refractivity contribution < 1.29 is 4.39 Å². The Morgan fingerprint density at radius 3 is 2.75 bits per heavy atom. The fourth-order valence-corrected chi connectivity index (χ4v) is 1.09. The first-order chi connectivity index (χ1) is 3.79. The van der Waals surface area contributed by atoms with Gasteiger partial charge in [-0.1, -0.05) is 0 Å². The Bertz CT molecular complexity index is 147. The Balaban J connectivity index is 2.69. The zero-order valence-electron chi connectivity index (χ0n) is 4.20. The fourth-order valence-electron chi connectivity index (χ4n) is 0.534. The molecule has 1 rings (SSSR count). The molecular weight excluding hydrogens is 218 g/mol. The lowest BCUT2D eigenvalue weighted by molar-refractivity contribution is 0.658. The van der Waals surface area contributed by atoms with Crippen LogP contribution in [0.25, 0.3) is 0 Å². The quantitative estimate of drug-likeness (QED) is 0.554. The molecule has 0 nitrogen and oxygen atoms in total. The molecule has 0 fully saturated rings. The maximum Gasteiger partial charge on any atom is 0.119 e. The molecule has 0 unspecified atom stereocenters. The largest absolute Gasteiger partial charge is 0.207 e. The molecule has 0 aliphatic heterocycles. The van der Waals surface area contributed by atoms with Crippen LogP contribution >= 0.6 is 22.6 Å². The van der Waals surface area contributed by atoms with Crippen LogP contribution in [0.15, 0.2) is 21.6 Å². The van der Waals surface area contributed by atoms with Crippen LogP contribution < -0.4 is 0 Å². The predicted octanol–water partition coefficient (Wildman–Crippen LogP) is 2.77. The molecule has 1 radical (unpaired) electrons. The van der Waals surface area contributed by atoms with E-state index in [0.717, 1.165) is 10.0 Å². The summed E-state index contributed by atoms with van der Waals surface area (Å²) in [5.74, 6) is -0.114. The van der Waals surface area contributed by atoms with Crippen molar-refractivity contribution >= 4 is 22.6 Å². The van der Waals surface area contributed by atoms with Gasteiger partial charge in [0.2, 0.25) is 0 Å². The van der Waals surface area contributed by atoms with E-state index in [1.165, 1.54) is 6.08 Å². The van der Waals surface area contributed by atoms with Crippen LogP contribution in [0, 0.1) is 6.42 Å². The Morgan fingerprint density at radius 1 is 1.62 bits per heavy atom. The van der Waals surface area contributed by atoms with E-state index in [1.807, 2.05) is 6.42 Å². The smallest absolute Gasteiger partial charge is 0.119 e. The van der Waals surface area contributed by atoms with Crippen LogP contribution in [0.5, 0.6) is 0 Å². The molecule has 1 aliphatic carbocycles. The Labute approximate surface area is 61.6 Å². The first-order valence-electron chi connectivity index (χ1n) is 2.35. The molecule has 0 saturated heterocycles. The van der Waals surface area contributed by atoms with E-state index in [1.54, 1.807) is 6.08 Å². The van der Waals surface area contributed by atoms with Crippen molar-refractivity contribution in [1.82, 2.24) is 0 Å². The fraction of sp³-hybridized carbons (Fsp3) is 0.167. The number of halogens is 2. The van der Waals surface area contributed by atoms with Gasteiger partial charge >= 0.3 is 0 Å². The molecule has 0 aromatic rings. The standard InChI is InChI=1S/C6H5FI/c7-5-2-1-3-6(8)4-5/h2-4H,1H2. The van der Waals surface area contributed by atoms with Crippen LogP contribution in [0.4, 0.5) is 4.39 Å². The van der Waals surface area contributed by atoms with Crippen molar-refractivity contribution in [2.45, 2.75) is 6.42 Å². The Morgan fingerprint density at radius 2 is 2.38 bits per heavy atom. The lowest BCUT2D eigenvalue weighted by atomic mass is 10.2. The highest BCUT2D eigenvalue weighted by Crippen LogP contribution is 2.21. The van der Waals surface area contributed by atoms with Gasteiger partial charge in [0, 0.05) is 6.42 Å². The van der Waals surface area contributed by atoms with Crippen molar-refractivity contribution in [2.75, 3.05) is 0 Å². The molecule has 0 spiro atoms. The van der Waals surface area contributed by atoms with Gasteiger partial charge in [0.25, 0.3) is 0 Å². The summed E-state index contributed by atoms with van der Waals surface area (Å²) in [7, 11) is 0. The number of allylic oxidation sites excluding steroid dienone is 4. The molecule has 0 aromatic heterocycles.